The maximum atomic E-state index is 3.81. The van der Waals surface area contributed by atoms with Crippen LogP contribution in [-0.2, 0) is 0 Å². The van der Waals surface area contributed by atoms with Crippen molar-refractivity contribution in [2.45, 2.75) is 77.3 Å². The Kier molecular flexibility index (Phi) is 5.87. The number of unbranched alkanes of at least 4 members (excludes halogenated alkanes) is 2. The molecule has 1 unspecified atom stereocenters. The van der Waals surface area contributed by atoms with Gasteiger partial charge >= 0.3 is 0 Å². The summed E-state index contributed by atoms with van der Waals surface area (Å²) in [7, 11) is 0. The summed E-state index contributed by atoms with van der Waals surface area (Å²) in [4.78, 5) is 0. The van der Waals surface area contributed by atoms with Gasteiger partial charge in [-0.2, -0.15) is 0 Å². The van der Waals surface area contributed by atoms with E-state index in [4.69, 9.17) is 0 Å². The second-order valence-electron chi connectivity index (χ2n) is 5.00. The van der Waals surface area contributed by atoms with Gasteiger partial charge in [0.25, 0.3) is 0 Å². The minimum absolute atomic E-state index is 0.305. The van der Waals surface area contributed by atoms with Crippen molar-refractivity contribution in [3.8, 4) is 0 Å². The van der Waals surface area contributed by atoms with Gasteiger partial charge in [0.05, 0.1) is 0 Å². The second kappa shape index (κ2) is 6.93. The molecule has 0 radical (unpaired) electrons. The lowest BCUT2D eigenvalue weighted by Gasteiger charge is -2.22. The third-order valence-electron chi connectivity index (χ3n) is 3.46. The predicted octanol–water partition coefficient (Wildman–Crippen LogP) is 4.20. The highest BCUT2D eigenvalue weighted by atomic mass is 15.0. The van der Waals surface area contributed by atoms with Crippen LogP contribution in [0, 0.1) is 0 Å². The van der Waals surface area contributed by atoms with Crippen LogP contribution in [0.5, 0.6) is 0 Å². The second-order valence-corrected chi connectivity index (χ2v) is 5.00. The van der Waals surface area contributed by atoms with E-state index in [0.717, 1.165) is 0 Å². The van der Waals surface area contributed by atoms with Gasteiger partial charge in [-0.3, -0.25) is 0 Å². The first-order valence-corrected chi connectivity index (χ1v) is 6.92. The minimum atomic E-state index is 0.305. The molecule has 0 aromatic rings. The highest BCUT2D eigenvalue weighted by Crippen LogP contribution is 2.37. The van der Waals surface area contributed by atoms with E-state index >= 15 is 0 Å². The molecule has 1 rings (SSSR count). The Bertz CT molecular complexity index is 244. The van der Waals surface area contributed by atoms with Gasteiger partial charge in [0.1, 0.15) is 0 Å². The van der Waals surface area contributed by atoms with Gasteiger partial charge in [-0.1, -0.05) is 33.1 Å². The summed E-state index contributed by atoms with van der Waals surface area (Å²) < 4.78 is 0. The molecule has 0 bridgehead atoms. The van der Waals surface area contributed by atoms with Crippen LogP contribution in [0.3, 0.4) is 0 Å². The van der Waals surface area contributed by atoms with Gasteiger partial charge in [-0.05, 0) is 44.8 Å². The van der Waals surface area contributed by atoms with Crippen molar-refractivity contribution in [3.63, 3.8) is 0 Å². The summed E-state index contributed by atoms with van der Waals surface area (Å²) in [5.74, 6) is 0. The molecule has 1 fully saturated rings. The third kappa shape index (κ3) is 4.55. The van der Waals surface area contributed by atoms with Gasteiger partial charge in [0, 0.05) is 11.6 Å². The summed E-state index contributed by atoms with van der Waals surface area (Å²) >= 11 is 0. The molecule has 1 N–H and O–H groups in total. The van der Waals surface area contributed by atoms with Crippen LogP contribution in [-0.4, -0.2) is 11.6 Å². The fraction of sp³-hybridized carbons (Fsp3) is 0.800. The Labute approximate surface area is 101 Å². The standard InChI is InChI=1S/C15H27N/c1-4-7-9-10-14(6-3)16-15(12-13-15)11-8-5-2/h5,11,14,16H,4,6-7,9-10,12-13H2,1-3H3. The minimum Gasteiger partial charge on any atom is -0.305 e. The maximum absolute atomic E-state index is 3.81. The number of rotatable bonds is 8. The SMILES string of the molecule is CC=C=CC1(NC(CC)CCCCC)CC1. The smallest absolute Gasteiger partial charge is 0.0442 e. The fourth-order valence-corrected chi connectivity index (χ4v) is 2.13. The first kappa shape index (κ1) is 13.5. The average Bonchev–Trinajstić information content (AvgIpc) is 3.06. The molecule has 1 aliphatic rings. The van der Waals surface area contributed by atoms with Crippen LogP contribution in [0.15, 0.2) is 17.9 Å². The Hall–Kier alpha value is -0.520. The quantitative estimate of drug-likeness (QED) is 0.478. The molecular formula is C15H27N. The number of nitrogens with one attached hydrogen (secondary N) is 1. The van der Waals surface area contributed by atoms with Crippen LogP contribution in [0.25, 0.3) is 0 Å². The van der Waals surface area contributed by atoms with E-state index in [1.165, 1.54) is 44.9 Å². The highest BCUT2D eigenvalue weighted by Gasteiger charge is 2.41. The lowest BCUT2D eigenvalue weighted by molar-refractivity contribution is 0.410. The molecule has 1 atom stereocenters. The van der Waals surface area contributed by atoms with Crippen molar-refractivity contribution in [2.75, 3.05) is 0 Å². The third-order valence-corrected chi connectivity index (χ3v) is 3.46. The molecule has 92 valence electrons. The topological polar surface area (TPSA) is 12.0 Å². The summed E-state index contributed by atoms with van der Waals surface area (Å²) in [6.45, 7) is 6.59. The molecule has 0 amide bonds. The Morgan fingerprint density at radius 1 is 1.31 bits per heavy atom. The number of hydrogen-bond donors (Lipinski definition) is 1. The zero-order valence-electron chi connectivity index (χ0n) is 11.2. The average molecular weight is 221 g/mol. The first-order chi connectivity index (χ1) is 7.76. The maximum Gasteiger partial charge on any atom is 0.0442 e. The molecule has 0 saturated heterocycles. The van der Waals surface area contributed by atoms with Crippen molar-refractivity contribution in [1.29, 1.82) is 0 Å². The van der Waals surface area contributed by atoms with Crippen molar-refractivity contribution in [1.82, 2.24) is 5.32 Å². The number of hydrogen-bond acceptors (Lipinski definition) is 1. The molecule has 0 aromatic heterocycles. The van der Waals surface area contributed by atoms with Gasteiger partial charge in [0.2, 0.25) is 0 Å². The van der Waals surface area contributed by atoms with E-state index in [1.807, 2.05) is 13.0 Å². The van der Waals surface area contributed by atoms with E-state index in [-0.39, 0.29) is 0 Å². The molecule has 0 aromatic carbocycles. The Balaban J connectivity index is 2.35. The summed E-state index contributed by atoms with van der Waals surface area (Å²) in [6.07, 6.45) is 13.4. The molecule has 1 heteroatoms. The fourth-order valence-electron chi connectivity index (χ4n) is 2.13. The van der Waals surface area contributed by atoms with Gasteiger partial charge in [-0.15, -0.1) is 5.73 Å². The molecule has 0 heterocycles. The van der Waals surface area contributed by atoms with Gasteiger partial charge in [-0.25, -0.2) is 0 Å². The highest BCUT2D eigenvalue weighted by molar-refractivity contribution is 5.17. The van der Waals surface area contributed by atoms with Crippen molar-refractivity contribution < 1.29 is 0 Å². The zero-order valence-corrected chi connectivity index (χ0v) is 11.2. The molecule has 0 aliphatic heterocycles. The summed E-state index contributed by atoms with van der Waals surface area (Å²) in [6, 6.07) is 0.698. The van der Waals surface area contributed by atoms with E-state index in [2.05, 4.69) is 31.0 Å². The van der Waals surface area contributed by atoms with Crippen LogP contribution >= 0.6 is 0 Å². The normalized spacial score (nSPS) is 18.7. The molecular weight excluding hydrogens is 194 g/mol. The van der Waals surface area contributed by atoms with E-state index in [0.29, 0.717) is 11.6 Å². The molecule has 1 aliphatic carbocycles. The first-order valence-electron chi connectivity index (χ1n) is 6.92. The summed E-state index contributed by atoms with van der Waals surface area (Å²) in [5.41, 5.74) is 3.54. The van der Waals surface area contributed by atoms with Crippen LogP contribution in [0.1, 0.15) is 65.7 Å². The predicted molar refractivity (Wildman–Crippen MR) is 71.6 cm³/mol. The van der Waals surface area contributed by atoms with Crippen molar-refractivity contribution >= 4 is 0 Å². The van der Waals surface area contributed by atoms with E-state index in [9.17, 15) is 0 Å². The zero-order chi connectivity index (χ0) is 11.9. The molecule has 1 nitrogen and oxygen atoms in total. The van der Waals surface area contributed by atoms with Crippen LogP contribution in [0.2, 0.25) is 0 Å². The van der Waals surface area contributed by atoms with E-state index < -0.39 is 0 Å². The summed E-state index contributed by atoms with van der Waals surface area (Å²) in [5, 5.41) is 3.81. The molecule has 0 spiro atoms. The molecule has 16 heavy (non-hydrogen) atoms. The van der Waals surface area contributed by atoms with Crippen LogP contribution < -0.4 is 5.32 Å². The lowest BCUT2D eigenvalue weighted by atomic mass is 10.0. The van der Waals surface area contributed by atoms with Crippen LogP contribution in [0.4, 0.5) is 0 Å². The Morgan fingerprint density at radius 3 is 2.56 bits per heavy atom. The monoisotopic (exact) mass is 221 g/mol. The van der Waals surface area contributed by atoms with E-state index in [1.54, 1.807) is 0 Å². The van der Waals surface area contributed by atoms with Gasteiger partial charge < -0.3 is 5.32 Å². The molecule has 1 saturated carbocycles. The van der Waals surface area contributed by atoms with Gasteiger partial charge in [0.15, 0.2) is 0 Å². The van der Waals surface area contributed by atoms with Crippen molar-refractivity contribution in [3.05, 3.63) is 17.9 Å². The lowest BCUT2D eigenvalue weighted by Crippen LogP contribution is -2.38. The van der Waals surface area contributed by atoms with Crippen molar-refractivity contribution in [2.24, 2.45) is 0 Å². The Morgan fingerprint density at radius 2 is 2.06 bits per heavy atom. The largest absolute Gasteiger partial charge is 0.305 e.